The highest BCUT2D eigenvalue weighted by molar-refractivity contribution is 7.10. The van der Waals surface area contributed by atoms with Crippen LogP contribution in [0.5, 0.6) is 5.75 Å². The van der Waals surface area contributed by atoms with Crippen molar-refractivity contribution >= 4 is 23.2 Å². The average molecular weight is 445 g/mol. The number of nitrogens with zero attached hydrogens (tertiary/aromatic N) is 2. The van der Waals surface area contributed by atoms with E-state index < -0.39 is 0 Å². The zero-order valence-electron chi connectivity index (χ0n) is 18.6. The van der Waals surface area contributed by atoms with Crippen LogP contribution in [0, 0.1) is 5.92 Å². The molecule has 1 aliphatic rings. The van der Waals surface area contributed by atoms with Crippen LogP contribution in [0.2, 0.25) is 0 Å². The number of carbonyl (C=O) groups excluding carboxylic acids is 2. The first-order valence-electron chi connectivity index (χ1n) is 10.8. The summed E-state index contributed by atoms with van der Waals surface area (Å²) in [6.45, 7) is 5.84. The third kappa shape index (κ3) is 6.31. The minimum atomic E-state index is -0.160. The Morgan fingerprint density at radius 1 is 1.23 bits per heavy atom. The summed E-state index contributed by atoms with van der Waals surface area (Å²) in [6, 6.07) is 11.6. The smallest absolute Gasteiger partial charge is 0.249 e. The van der Waals surface area contributed by atoms with E-state index in [9.17, 15) is 9.59 Å². The molecule has 0 unspecified atom stereocenters. The van der Waals surface area contributed by atoms with Crippen molar-refractivity contribution in [3.05, 3.63) is 52.2 Å². The Morgan fingerprint density at radius 2 is 2.00 bits per heavy atom. The number of thiophene rings is 1. The molecule has 6 nitrogen and oxygen atoms in total. The highest BCUT2D eigenvalue weighted by Crippen LogP contribution is 2.34. The fraction of sp³-hybridized carbons (Fsp3) is 0.500. The van der Waals surface area contributed by atoms with Gasteiger partial charge in [0.05, 0.1) is 12.6 Å². The lowest BCUT2D eigenvalue weighted by Gasteiger charge is -2.37. The van der Waals surface area contributed by atoms with E-state index >= 15 is 0 Å². The molecule has 3 rings (SSSR count). The molecule has 1 aromatic heterocycles. The number of hydrogen-bond donors (Lipinski definition) is 0. The molecule has 1 aliphatic heterocycles. The van der Waals surface area contributed by atoms with Gasteiger partial charge in [-0.25, -0.2) is 0 Å². The van der Waals surface area contributed by atoms with Crippen LogP contribution in [0.15, 0.2) is 41.8 Å². The Bertz CT molecular complexity index is 852. The molecule has 0 spiro atoms. The minimum absolute atomic E-state index is 0.0133. The number of carbonyl (C=O) groups is 2. The lowest BCUT2D eigenvalue weighted by molar-refractivity contribution is -0.144. The monoisotopic (exact) mass is 444 g/mol. The molecule has 0 aliphatic carbocycles. The third-order valence-electron chi connectivity index (χ3n) is 5.49. The maximum absolute atomic E-state index is 13.4. The summed E-state index contributed by atoms with van der Waals surface area (Å²) in [5.74, 6) is 1.03. The van der Waals surface area contributed by atoms with E-state index in [1.807, 2.05) is 35.2 Å². The quantitative estimate of drug-likeness (QED) is 0.560. The molecule has 2 aromatic rings. The van der Waals surface area contributed by atoms with Gasteiger partial charge >= 0.3 is 0 Å². The Hall–Kier alpha value is -2.38. The van der Waals surface area contributed by atoms with E-state index in [4.69, 9.17) is 9.47 Å². The van der Waals surface area contributed by atoms with E-state index in [0.29, 0.717) is 25.6 Å². The number of ether oxygens (including phenoxy) is 2. The van der Waals surface area contributed by atoms with Crippen LogP contribution in [0.4, 0.5) is 0 Å². The molecular formula is C24H32N2O4S. The summed E-state index contributed by atoms with van der Waals surface area (Å²) < 4.78 is 11.1. The van der Waals surface area contributed by atoms with Crippen molar-refractivity contribution in [2.24, 2.45) is 5.92 Å². The van der Waals surface area contributed by atoms with Crippen LogP contribution in [0.1, 0.15) is 36.8 Å². The van der Waals surface area contributed by atoms with Gasteiger partial charge in [0.2, 0.25) is 11.8 Å². The van der Waals surface area contributed by atoms with E-state index in [0.717, 1.165) is 24.2 Å². The SMILES string of the molecule is COCC(=O)N(CCC(C)C)CC(=O)N1CCc2sccc2[C@H]1COc1ccccc1. The zero-order chi connectivity index (χ0) is 22.2. The van der Waals surface area contributed by atoms with Crippen molar-refractivity contribution in [3.63, 3.8) is 0 Å². The van der Waals surface area contributed by atoms with Crippen molar-refractivity contribution in [1.82, 2.24) is 9.80 Å². The molecule has 7 heteroatoms. The summed E-state index contributed by atoms with van der Waals surface area (Å²) in [7, 11) is 1.50. The van der Waals surface area contributed by atoms with Crippen LogP contribution >= 0.6 is 11.3 Å². The standard InChI is InChI=1S/C24H32N2O4S/c1-18(2)9-12-25(24(28)17-29-3)15-23(27)26-13-10-22-20(11-14-31-22)21(26)16-30-19-7-5-4-6-8-19/h4-8,11,14,18,21H,9-10,12-13,15-17H2,1-3H3/t21-/m1/s1. The van der Waals surface area contributed by atoms with Crippen molar-refractivity contribution in [1.29, 1.82) is 0 Å². The second-order valence-electron chi connectivity index (χ2n) is 8.21. The Morgan fingerprint density at radius 3 is 2.71 bits per heavy atom. The molecule has 31 heavy (non-hydrogen) atoms. The number of benzene rings is 1. The molecule has 0 N–H and O–H groups in total. The van der Waals surface area contributed by atoms with Crippen molar-refractivity contribution in [3.8, 4) is 5.75 Å². The Labute approximate surface area is 188 Å². The van der Waals surface area contributed by atoms with Gasteiger partial charge in [-0.2, -0.15) is 0 Å². The fourth-order valence-electron chi connectivity index (χ4n) is 3.74. The first-order valence-corrected chi connectivity index (χ1v) is 11.7. The molecule has 2 heterocycles. The van der Waals surface area contributed by atoms with E-state index in [2.05, 4.69) is 25.3 Å². The van der Waals surface area contributed by atoms with E-state index in [1.165, 1.54) is 12.0 Å². The predicted octanol–water partition coefficient (Wildman–Crippen LogP) is 3.77. The van der Waals surface area contributed by atoms with Gasteiger partial charge in [0.1, 0.15) is 19.0 Å². The summed E-state index contributed by atoms with van der Waals surface area (Å²) in [5.41, 5.74) is 1.15. The third-order valence-corrected chi connectivity index (χ3v) is 6.49. The molecule has 2 amide bonds. The van der Waals surface area contributed by atoms with Crippen molar-refractivity contribution in [2.75, 3.05) is 40.0 Å². The van der Waals surface area contributed by atoms with Crippen molar-refractivity contribution in [2.45, 2.75) is 32.7 Å². The van der Waals surface area contributed by atoms with Gasteiger partial charge in [-0.1, -0.05) is 32.0 Å². The van der Waals surface area contributed by atoms with Crippen LogP contribution in [0.25, 0.3) is 0 Å². The second-order valence-corrected chi connectivity index (χ2v) is 9.21. The second kappa shape index (κ2) is 11.3. The maximum atomic E-state index is 13.4. The van der Waals surface area contributed by atoms with Crippen LogP contribution in [-0.2, 0) is 20.7 Å². The van der Waals surface area contributed by atoms with Crippen LogP contribution in [0.3, 0.4) is 0 Å². The lowest BCUT2D eigenvalue weighted by atomic mass is 10.0. The molecule has 0 radical (unpaired) electrons. The van der Waals surface area contributed by atoms with Gasteiger partial charge in [0.15, 0.2) is 0 Å². The highest BCUT2D eigenvalue weighted by atomic mass is 32.1. The first kappa shape index (κ1) is 23.3. The van der Waals surface area contributed by atoms with Gasteiger partial charge in [-0.15, -0.1) is 11.3 Å². The van der Waals surface area contributed by atoms with Gasteiger partial charge < -0.3 is 19.3 Å². The fourth-order valence-corrected chi connectivity index (χ4v) is 4.67. The van der Waals surface area contributed by atoms with Gasteiger partial charge in [-0.05, 0) is 47.9 Å². The van der Waals surface area contributed by atoms with Crippen molar-refractivity contribution < 1.29 is 19.1 Å². The normalized spacial score (nSPS) is 15.6. The van der Waals surface area contributed by atoms with E-state index in [1.54, 1.807) is 16.2 Å². The number of amides is 2. The first-order chi connectivity index (χ1) is 15.0. The number of para-hydroxylation sites is 1. The molecule has 1 aromatic carbocycles. The molecular weight excluding hydrogens is 412 g/mol. The Balaban J connectivity index is 1.73. The van der Waals surface area contributed by atoms with Gasteiger partial charge in [0, 0.05) is 25.1 Å². The molecule has 0 saturated heterocycles. The largest absolute Gasteiger partial charge is 0.491 e. The molecule has 0 saturated carbocycles. The zero-order valence-corrected chi connectivity index (χ0v) is 19.4. The molecule has 1 atom stereocenters. The lowest BCUT2D eigenvalue weighted by Crippen LogP contribution is -2.48. The topological polar surface area (TPSA) is 59.1 Å². The molecule has 0 fully saturated rings. The summed E-state index contributed by atoms with van der Waals surface area (Å²) >= 11 is 1.73. The van der Waals surface area contributed by atoms with Gasteiger partial charge in [-0.3, -0.25) is 9.59 Å². The maximum Gasteiger partial charge on any atom is 0.249 e. The molecule has 0 bridgehead atoms. The van der Waals surface area contributed by atoms with Crippen LogP contribution in [-0.4, -0.2) is 61.6 Å². The summed E-state index contributed by atoms with van der Waals surface area (Å²) in [4.78, 5) is 30.7. The number of methoxy groups -OCH3 is 1. The molecule has 168 valence electrons. The minimum Gasteiger partial charge on any atom is -0.491 e. The van der Waals surface area contributed by atoms with Gasteiger partial charge in [0.25, 0.3) is 0 Å². The number of fused-ring (bicyclic) bond motifs is 1. The van der Waals surface area contributed by atoms with Crippen LogP contribution < -0.4 is 4.74 Å². The Kier molecular flexibility index (Phi) is 8.49. The average Bonchev–Trinajstić information content (AvgIpc) is 3.24. The summed E-state index contributed by atoms with van der Waals surface area (Å²) in [5, 5.41) is 2.07. The summed E-state index contributed by atoms with van der Waals surface area (Å²) in [6.07, 6.45) is 1.68. The van der Waals surface area contributed by atoms with E-state index in [-0.39, 0.29) is 31.0 Å². The highest BCUT2D eigenvalue weighted by Gasteiger charge is 2.33. The number of hydrogen-bond acceptors (Lipinski definition) is 5. The number of rotatable bonds is 10. The predicted molar refractivity (Wildman–Crippen MR) is 122 cm³/mol.